The molecule has 1 saturated heterocycles. The minimum Gasteiger partial charge on any atom is -0.342 e. The maximum atomic E-state index is 12.6. The molecule has 4 nitrogen and oxygen atoms in total. The number of anilines is 1. The fourth-order valence-corrected chi connectivity index (χ4v) is 4.24. The third-order valence-corrected chi connectivity index (χ3v) is 6.16. The minimum absolute atomic E-state index is 0.0184. The summed E-state index contributed by atoms with van der Waals surface area (Å²) in [4.78, 5) is 28.3. The molecule has 3 rings (SSSR count). The van der Waals surface area contributed by atoms with Gasteiger partial charge >= 0.3 is 0 Å². The highest BCUT2D eigenvalue weighted by Crippen LogP contribution is 2.33. The van der Waals surface area contributed by atoms with E-state index in [1.807, 2.05) is 55.5 Å². The van der Waals surface area contributed by atoms with Crippen molar-refractivity contribution in [3.63, 3.8) is 0 Å². The highest BCUT2D eigenvalue weighted by molar-refractivity contribution is 7.99. The van der Waals surface area contributed by atoms with Crippen molar-refractivity contribution < 1.29 is 9.59 Å². The molecule has 1 aliphatic heterocycles. The van der Waals surface area contributed by atoms with Crippen LogP contribution in [0, 0.1) is 5.92 Å². The van der Waals surface area contributed by atoms with Crippen LogP contribution in [0.5, 0.6) is 0 Å². The van der Waals surface area contributed by atoms with Crippen LogP contribution in [0.1, 0.15) is 26.2 Å². The Kier molecular flexibility index (Phi) is 6.80. The number of halogens is 1. The second-order valence-electron chi connectivity index (χ2n) is 6.58. The molecule has 1 aliphatic rings. The maximum absolute atomic E-state index is 12.6. The van der Waals surface area contributed by atoms with Crippen LogP contribution in [-0.4, -0.2) is 29.8 Å². The van der Waals surface area contributed by atoms with Crippen molar-refractivity contribution in [1.29, 1.82) is 0 Å². The molecule has 27 heavy (non-hydrogen) atoms. The number of hydrogen-bond acceptors (Lipinski definition) is 3. The number of piperidine rings is 1. The van der Waals surface area contributed by atoms with Crippen molar-refractivity contribution in [3.8, 4) is 0 Å². The summed E-state index contributed by atoms with van der Waals surface area (Å²) in [5.41, 5.74) is 0.766. The van der Waals surface area contributed by atoms with Crippen LogP contribution in [-0.2, 0) is 9.59 Å². The maximum Gasteiger partial charge on any atom is 0.229 e. The molecule has 2 amide bonds. The second kappa shape index (κ2) is 9.29. The number of nitrogens with one attached hydrogen (secondary N) is 1. The minimum atomic E-state index is -0.147. The molecule has 0 bridgehead atoms. The summed E-state index contributed by atoms with van der Waals surface area (Å²) in [6.45, 7) is 3.12. The average Bonchev–Trinajstić information content (AvgIpc) is 2.70. The van der Waals surface area contributed by atoms with Crippen LogP contribution in [0.15, 0.2) is 58.3 Å². The Bertz CT molecular complexity index is 810. The van der Waals surface area contributed by atoms with E-state index >= 15 is 0 Å². The summed E-state index contributed by atoms with van der Waals surface area (Å²) >= 11 is 7.79. The Balaban J connectivity index is 1.58. The lowest BCUT2D eigenvalue weighted by atomic mass is 9.96. The Morgan fingerprint density at radius 1 is 1.19 bits per heavy atom. The predicted molar refractivity (Wildman–Crippen MR) is 110 cm³/mol. The molecule has 142 valence electrons. The Hall–Kier alpha value is -1.98. The van der Waals surface area contributed by atoms with Gasteiger partial charge < -0.3 is 10.2 Å². The molecule has 1 N–H and O–H groups in total. The third-order valence-electron chi connectivity index (χ3n) is 4.63. The van der Waals surface area contributed by atoms with E-state index in [-0.39, 0.29) is 17.7 Å². The van der Waals surface area contributed by atoms with Gasteiger partial charge in [0.05, 0.1) is 10.9 Å². The van der Waals surface area contributed by atoms with Gasteiger partial charge in [-0.3, -0.25) is 9.59 Å². The molecular weight excluding hydrogens is 380 g/mol. The molecule has 2 aromatic carbocycles. The average molecular weight is 403 g/mol. The van der Waals surface area contributed by atoms with Crippen LogP contribution >= 0.6 is 23.4 Å². The molecule has 1 fully saturated rings. The first kappa shape index (κ1) is 19.8. The van der Waals surface area contributed by atoms with Gasteiger partial charge in [-0.2, -0.15) is 0 Å². The number of nitrogens with zero attached hydrogens (tertiary/aromatic N) is 1. The molecule has 1 heterocycles. The topological polar surface area (TPSA) is 49.4 Å². The summed E-state index contributed by atoms with van der Waals surface area (Å²) < 4.78 is 0. The SMILES string of the molecule is CCC(=O)N1CCCC(C(=O)Nc2ccc(Sc3ccccc3Cl)cc2)C1. The molecule has 0 aromatic heterocycles. The highest BCUT2D eigenvalue weighted by atomic mass is 35.5. The molecule has 0 aliphatic carbocycles. The molecule has 6 heteroatoms. The molecule has 0 radical (unpaired) electrons. The molecule has 2 aromatic rings. The van der Waals surface area contributed by atoms with Crippen LogP contribution in [0.2, 0.25) is 5.02 Å². The number of rotatable bonds is 5. The van der Waals surface area contributed by atoms with E-state index in [0.717, 1.165) is 39.9 Å². The lowest BCUT2D eigenvalue weighted by Crippen LogP contribution is -2.43. The van der Waals surface area contributed by atoms with E-state index in [4.69, 9.17) is 11.6 Å². The van der Waals surface area contributed by atoms with Crippen LogP contribution < -0.4 is 5.32 Å². The summed E-state index contributed by atoms with van der Waals surface area (Å²) in [7, 11) is 0. The largest absolute Gasteiger partial charge is 0.342 e. The summed E-state index contributed by atoms with van der Waals surface area (Å²) in [5, 5.41) is 3.70. The van der Waals surface area contributed by atoms with Gasteiger partial charge in [-0.05, 0) is 49.2 Å². The Morgan fingerprint density at radius 2 is 1.93 bits per heavy atom. The second-order valence-corrected chi connectivity index (χ2v) is 8.10. The molecular formula is C21H23ClN2O2S. The van der Waals surface area contributed by atoms with Gasteiger partial charge in [-0.25, -0.2) is 0 Å². The van der Waals surface area contributed by atoms with Gasteiger partial charge in [0.1, 0.15) is 0 Å². The number of carbonyl (C=O) groups excluding carboxylic acids is 2. The summed E-state index contributed by atoms with van der Waals surface area (Å²) in [5.74, 6) is -0.0463. The Labute approximate surface area is 169 Å². The van der Waals surface area contributed by atoms with Gasteiger partial charge in [-0.1, -0.05) is 42.4 Å². The van der Waals surface area contributed by atoms with Crippen LogP contribution in [0.3, 0.4) is 0 Å². The summed E-state index contributed by atoms with van der Waals surface area (Å²) in [6, 6.07) is 15.5. The summed E-state index contributed by atoms with van der Waals surface area (Å²) in [6.07, 6.45) is 2.18. The normalized spacial score (nSPS) is 16.8. The monoisotopic (exact) mass is 402 g/mol. The van der Waals surface area contributed by atoms with Crippen molar-refractivity contribution >= 4 is 40.9 Å². The first-order valence-corrected chi connectivity index (χ1v) is 10.4. The van der Waals surface area contributed by atoms with Crippen LogP contribution in [0.25, 0.3) is 0 Å². The van der Waals surface area contributed by atoms with E-state index < -0.39 is 0 Å². The zero-order valence-corrected chi connectivity index (χ0v) is 16.9. The molecule has 0 spiro atoms. The fourth-order valence-electron chi connectivity index (χ4n) is 3.15. The fraction of sp³-hybridized carbons (Fsp3) is 0.333. The van der Waals surface area contributed by atoms with Crippen molar-refractivity contribution in [3.05, 3.63) is 53.6 Å². The molecule has 0 saturated carbocycles. The van der Waals surface area contributed by atoms with Gasteiger partial charge in [0, 0.05) is 35.0 Å². The van der Waals surface area contributed by atoms with Crippen molar-refractivity contribution in [1.82, 2.24) is 4.90 Å². The van der Waals surface area contributed by atoms with E-state index in [2.05, 4.69) is 5.32 Å². The van der Waals surface area contributed by atoms with Gasteiger partial charge in [0.15, 0.2) is 0 Å². The lowest BCUT2D eigenvalue weighted by molar-refractivity contribution is -0.134. The van der Waals surface area contributed by atoms with E-state index in [1.165, 1.54) is 0 Å². The third kappa shape index (κ3) is 5.27. The Morgan fingerprint density at radius 3 is 2.63 bits per heavy atom. The van der Waals surface area contributed by atoms with E-state index in [1.54, 1.807) is 16.7 Å². The molecule has 1 atom stereocenters. The lowest BCUT2D eigenvalue weighted by Gasteiger charge is -2.31. The number of benzene rings is 2. The van der Waals surface area contributed by atoms with Crippen molar-refractivity contribution in [2.45, 2.75) is 36.0 Å². The first-order valence-electron chi connectivity index (χ1n) is 9.18. The quantitative estimate of drug-likeness (QED) is 0.758. The number of likely N-dealkylation sites (tertiary alicyclic amines) is 1. The van der Waals surface area contributed by atoms with Crippen molar-refractivity contribution in [2.24, 2.45) is 5.92 Å². The first-order chi connectivity index (χ1) is 13.1. The number of hydrogen-bond donors (Lipinski definition) is 1. The number of carbonyl (C=O) groups is 2. The smallest absolute Gasteiger partial charge is 0.229 e. The number of amides is 2. The van der Waals surface area contributed by atoms with E-state index in [9.17, 15) is 9.59 Å². The van der Waals surface area contributed by atoms with E-state index in [0.29, 0.717) is 13.0 Å². The highest BCUT2D eigenvalue weighted by Gasteiger charge is 2.27. The van der Waals surface area contributed by atoms with Gasteiger partial charge in [0.2, 0.25) is 11.8 Å². The van der Waals surface area contributed by atoms with Gasteiger partial charge in [-0.15, -0.1) is 0 Å². The molecule has 1 unspecified atom stereocenters. The van der Waals surface area contributed by atoms with Gasteiger partial charge in [0.25, 0.3) is 0 Å². The zero-order valence-electron chi connectivity index (χ0n) is 15.3. The zero-order chi connectivity index (χ0) is 19.2. The standard InChI is InChI=1S/C21H23ClN2O2S/c1-2-20(25)24-13-5-6-15(14-24)21(26)23-16-9-11-17(12-10-16)27-19-8-4-3-7-18(19)22/h3-4,7-12,15H,2,5-6,13-14H2,1H3,(H,23,26). The van der Waals surface area contributed by atoms with Crippen molar-refractivity contribution in [2.75, 3.05) is 18.4 Å². The van der Waals surface area contributed by atoms with Crippen LogP contribution in [0.4, 0.5) is 5.69 Å². The predicted octanol–water partition coefficient (Wildman–Crippen LogP) is 5.08.